The molecule has 0 atom stereocenters. The molecule has 0 aromatic carbocycles. The van der Waals surface area contributed by atoms with Crippen molar-refractivity contribution in [2.75, 3.05) is 0 Å². The van der Waals surface area contributed by atoms with E-state index in [2.05, 4.69) is 4.99 Å². The highest BCUT2D eigenvalue weighted by Crippen LogP contribution is 2.23. The van der Waals surface area contributed by atoms with Gasteiger partial charge in [-0.25, -0.2) is 0 Å². The number of hydrogen-bond acceptors (Lipinski definition) is 2. The van der Waals surface area contributed by atoms with Crippen LogP contribution in [0.5, 0.6) is 0 Å². The first kappa shape index (κ1) is 6.46. The molecule has 1 aliphatic carbocycles. The quantitative estimate of drug-likeness (QED) is 0.507. The van der Waals surface area contributed by atoms with Gasteiger partial charge in [-0.3, -0.25) is 4.99 Å². The largest absolute Gasteiger partial charge is 0.461 e. The summed E-state index contributed by atoms with van der Waals surface area (Å²) in [4.78, 5) is 4.23. The highest BCUT2D eigenvalue weighted by molar-refractivity contribution is 5.95. The van der Waals surface area contributed by atoms with Crippen LogP contribution < -0.4 is 5.73 Å². The Morgan fingerprint density at radius 3 is 3.00 bits per heavy atom. The fourth-order valence-electron chi connectivity index (χ4n) is 0.888. The highest BCUT2D eigenvalue weighted by Gasteiger charge is 2.21. The van der Waals surface area contributed by atoms with Gasteiger partial charge in [-0.2, -0.15) is 0 Å². The summed E-state index contributed by atoms with van der Waals surface area (Å²) in [5.74, 6) is 1.20. The van der Waals surface area contributed by atoms with Crippen LogP contribution in [0.15, 0.2) is 27.8 Å². The molecule has 0 spiro atoms. The molecule has 1 aliphatic rings. The van der Waals surface area contributed by atoms with Crippen molar-refractivity contribution in [2.24, 2.45) is 10.7 Å². The van der Waals surface area contributed by atoms with Crippen molar-refractivity contribution in [1.29, 1.82) is 0 Å². The van der Waals surface area contributed by atoms with E-state index in [0.717, 1.165) is 0 Å². The minimum atomic E-state index is 0.458. The lowest BCUT2D eigenvalue weighted by molar-refractivity contribution is 0.556. The van der Waals surface area contributed by atoms with Gasteiger partial charge in [0.25, 0.3) is 0 Å². The lowest BCUT2D eigenvalue weighted by Gasteiger charge is -1.92. The molecule has 0 saturated heterocycles. The van der Waals surface area contributed by atoms with Crippen molar-refractivity contribution < 1.29 is 4.42 Å². The molecule has 1 heterocycles. The summed E-state index contributed by atoms with van der Waals surface area (Å²) in [6.45, 7) is 0. The molecule has 1 aromatic heterocycles. The third kappa shape index (κ3) is 1.42. The second kappa shape index (κ2) is 2.42. The van der Waals surface area contributed by atoms with Crippen molar-refractivity contribution in [2.45, 2.75) is 18.9 Å². The summed E-state index contributed by atoms with van der Waals surface area (Å²) in [7, 11) is 0. The minimum absolute atomic E-state index is 0.458. The second-order valence-electron chi connectivity index (χ2n) is 2.72. The lowest BCUT2D eigenvalue weighted by atomic mass is 10.4. The Morgan fingerprint density at radius 2 is 2.45 bits per heavy atom. The van der Waals surface area contributed by atoms with Gasteiger partial charge >= 0.3 is 0 Å². The summed E-state index contributed by atoms with van der Waals surface area (Å²) >= 11 is 0. The Hall–Kier alpha value is -1.25. The average Bonchev–Trinajstić information content (AvgIpc) is 2.67. The Labute approximate surface area is 64.9 Å². The van der Waals surface area contributed by atoms with Crippen molar-refractivity contribution in [3.63, 3.8) is 0 Å². The number of amidine groups is 1. The van der Waals surface area contributed by atoms with Gasteiger partial charge in [0, 0.05) is 0 Å². The van der Waals surface area contributed by atoms with Gasteiger partial charge in [0.1, 0.15) is 0 Å². The van der Waals surface area contributed by atoms with E-state index in [4.69, 9.17) is 10.2 Å². The molecule has 0 aliphatic heterocycles. The Kier molecular flexibility index (Phi) is 1.42. The van der Waals surface area contributed by atoms with Gasteiger partial charge in [0.15, 0.2) is 11.6 Å². The molecule has 1 fully saturated rings. The standard InChI is InChI=1S/C8H10N2O/c9-8(10-6-3-4-6)7-2-1-5-11-7/h1-2,5-6H,3-4H2,(H2,9,10). The molecule has 1 aromatic rings. The normalized spacial score (nSPS) is 18.7. The fraction of sp³-hybridized carbons (Fsp3) is 0.375. The Morgan fingerprint density at radius 1 is 1.64 bits per heavy atom. The van der Waals surface area contributed by atoms with E-state index in [1.165, 1.54) is 12.8 Å². The van der Waals surface area contributed by atoms with Crippen LogP contribution in [0.3, 0.4) is 0 Å². The first-order valence-electron chi connectivity index (χ1n) is 3.73. The van der Waals surface area contributed by atoms with E-state index in [1.54, 1.807) is 6.26 Å². The van der Waals surface area contributed by atoms with Crippen molar-refractivity contribution in [3.8, 4) is 0 Å². The molecule has 0 bridgehead atoms. The third-order valence-corrected chi connectivity index (χ3v) is 1.64. The van der Waals surface area contributed by atoms with Crippen LogP contribution in [-0.4, -0.2) is 11.9 Å². The van der Waals surface area contributed by atoms with E-state index < -0.39 is 0 Å². The van der Waals surface area contributed by atoms with Gasteiger partial charge in [-0.05, 0) is 25.0 Å². The maximum Gasteiger partial charge on any atom is 0.168 e. The zero-order valence-electron chi connectivity index (χ0n) is 6.16. The number of nitrogens with zero attached hydrogens (tertiary/aromatic N) is 1. The van der Waals surface area contributed by atoms with E-state index in [9.17, 15) is 0 Å². The zero-order chi connectivity index (χ0) is 7.68. The highest BCUT2D eigenvalue weighted by atomic mass is 16.3. The number of aliphatic imine (C=N–C) groups is 1. The van der Waals surface area contributed by atoms with E-state index in [0.29, 0.717) is 17.6 Å². The molecule has 3 nitrogen and oxygen atoms in total. The van der Waals surface area contributed by atoms with Crippen LogP contribution in [-0.2, 0) is 0 Å². The van der Waals surface area contributed by atoms with Crippen LogP contribution in [0.2, 0.25) is 0 Å². The maximum atomic E-state index is 5.64. The second-order valence-corrected chi connectivity index (χ2v) is 2.72. The smallest absolute Gasteiger partial charge is 0.168 e. The molecule has 0 radical (unpaired) electrons. The Bertz CT molecular complexity index is 260. The van der Waals surface area contributed by atoms with Gasteiger partial charge in [0.05, 0.1) is 12.3 Å². The van der Waals surface area contributed by atoms with Crippen molar-refractivity contribution >= 4 is 5.84 Å². The van der Waals surface area contributed by atoms with Crippen LogP contribution in [0.25, 0.3) is 0 Å². The molecule has 2 N–H and O–H groups in total. The Balaban J connectivity index is 2.15. The van der Waals surface area contributed by atoms with Crippen LogP contribution in [0, 0.1) is 0 Å². The van der Waals surface area contributed by atoms with Gasteiger partial charge in [-0.15, -0.1) is 0 Å². The lowest BCUT2D eigenvalue weighted by Crippen LogP contribution is -2.12. The zero-order valence-corrected chi connectivity index (χ0v) is 6.16. The predicted octanol–water partition coefficient (Wildman–Crippen LogP) is 1.15. The average molecular weight is 150 g/mol. The predicted molar refractivity (Wildman–Crippen MR) is 42.5 cm³/mol. The maximum absolute atomic E-state index is 5.64. The van der Waals surface area contributed by atoms with Gasteiger partial charge < -0.3 is 10.2 Å². The number of hydrogen-bond donors (Lipinski definition) is 1. The van der Waals surface area contributed by atoms with Crippen LogP contribution in [0.4, 0.5) is 0 Å². The fourth-order valence-corrected chi connectivity index (χ4v) is 0.888. The van der Waals surface area contributed by atoms with Crippen molar-refractivity contribution in [3.05, 3.63) is 24.2 Å². The molecular weight excluding hydrogens is 140 g/mol. The number of nitrogens with two attached hydrogens (primary N) is 1. The molecule has 3 heteroatoms. The topological polar surface area (TPSA) is 51.5 Å². The first-order chi connectivity index (χ1) is 5.36. The third-order valence-electron chi connectivity index (χ3n) is 1.64. The summed E-state index contributed by atoms with van der Waals surface area (Å²) in [6, 6.07) is 4.09. The van der Waals surface area contributed by atoms with Crippen molar-refractivity contribution in [1.82, 2.24) is 0 Å². The monoisotopic (exact) mass is 150 g/mol. The van der Waals surface area contributed by atoms with Crippen LogP contribution >= 0.6 is 0 Å². The molecule has 1 saturated carbocycles. The number of furan rings is 1. The molecule has 2 rings (SSSR count). The first-order valence-corrected chi connectivity index (χ1v) is 3.73. The molecular formula is C8H10N2O. The molecule has 11 heavy (non-hydrogen) atoms. The minimum Gasteiger partial charge on any atom is -0.461 e. The van der Waals surface area contributed by atoms with E-state index in [1.807, 2.05) is 12.1 Å². The van der Waals surface area contributed by atoms with Gasteiger partial charge in [-0.1, -0.05) is 0 Å². The summed E-state index contributed by atoms with van der Waals surface area (Å²) in [6.07, 6.45) is 3.94. The molecule has 0 unspecified atom stereocenters. The van der Waals surface area contributed by atoms with Gasteiger partial charge in [0.2, 0.25) is 0 Å². The van der Waals surface area contributed by atoms with Crippen LogP contribution in [0.1, 0.15) is 18.6 Å². The SMILES string of the molecule is NC(=NC1CC1)c1ccco1. The summed E-state index contributed by atoms with van der Waals surface area (Å²) in [5, 5.41) is 0. The molecule has 58 valence electrons. The molecule has 0 amide bonds. The summed E-state index contributed by atoms with van der Waals surface area (Å²) in [5.41, 5.74) is 5.64. The number of rotatable bonds is 2. The van der Waals surface area contributed by atoms with E-state index in [-0.39, 0.29) is 0 Å². The van der Waals surface area contributed by atoms with E-state index >= 15 is 0 Å². The summed E-state index contributed by atoms with van der Waals surface area (Å²) < 4.78 is 5.07.